The van der Waals surface area contributed by atoms with Gasteiger partial charge in [-0.2, -0.15) is 0 Å². The smallest absolute Gasteiger partial charge is 0.255 e. The van der Waals surface area contributed by atoms with Gasteiger partial charge in [0.05, 0.1) is 10.6 Å². The fraction of sp³-hybridized carbons (Fsp3) is 0.353. The molecule has 0 bridgehead atoms. The Hall–Kier alpha value is -2.21. The van der Waals surface area contributed by atoms with Gasteiger partial charge in [-0.05, 0) is 37.0 Å². The summed E-state index contributed by atoms with van der Waals surface area (Å²) in [4.78, 5) is 22.8. The molecule has 0 radical (unpaired) electrons. The molecule has 1 fully saturated rings. The van der Waals surface area contributed by atoms with Gasteiger partial charge in [0, 0.05) is 32.0 Å². The van der Waals surface area contributed by atoms with Crippen LogP contribution in [-0.2, 0) is 0 Å². The number of halogens is 2. The predicted molar refractivity (Wildman–Crippen MR) is 90.7 cm³/mol. The second-order valence-corrected chi connectivity index (χ2v) is 6.19. The lowest BCUT2D eigenvalue weighted by molar-refractivity contribution is 0.0941. The van der Waals surface area contributed by atoms with Gasteiger partial charge >= 0.3 is 0 Å². The molecule has 2 aromatic rings. The molecule has 1 saturated heterocycles. The fourth-order valence-corrected chi connectivity index (χ4v) is 3.08. The fourth-order valence-electron chi connectivity index (χ4n) is 2.83. The van der Waals surface area contributed by atoms with Crippen LogP contribution in [0.4, 0.5) is 10.3 Å². The highest BCUT2D eigenvalue weighted by molar-refractivity contribution is 6.33. The Morgan fingerprint density at radius 3 is 2.62 bits per heavy atom. The zero-order chi connectivity index (χ0) is 16.9. The second kappa shape index (κ2) is 7.57. The number of benzene rings is 1. The van der Waals surface area contributed by atoms with Crippen molar-refractivity contribution in [1.29, 1.82) is 0 Å². The van der Waals surface area contributed by atoms with Gasteiger partial charge < -0.3 is 10.2 Å². The topological polar surface area (TPSA) is 58.1 Å². The Morgan fingerprint density at radius 2 is 1.96 bits per heavy atom. The van der Waals surface area contributed by atoms with Gasteiger partial charge in [0.25, 0.3) is 5.91 Å². The first kappa shape index (κ1) is 16.6. The van der Waals surface area contributed by atoms with E-state index in [1.807, 2.05) is 0 Å². The van der Waals surface area contributed by atoms with Gasteiger partial charge in [-0.15, -0.1) is 0 Å². The first-order valence-corrected chi connectivity index (χ1v) is 8.27. The van der Waals surface area contributed by atoms with Crippen molar-refractivity contribution in [3.63, 3.8) is 0 Å². The number of anilines is 1. The maximum absolute atomic E-state index is 13.7. The van der Waals surface area contributed by atoms with Crippen molar-refractivity contribution in [1.82, 2.24) is 15.3 Å². The molecule has 7 heteroatoms. The first-order valence-electron chi connectivity index (χ1n) is 7.89. The largest absolute Gasteiger partial charge is 0.352 e. The summed E-state index contributed by atoms with van der Waals surface area (Å²) in [5.41, 5.74) is -0.0886. The molecule has 0 unspecified atom stereocenters. The normalized spacial score (nSPS) is 15.3. The minimum atomic E-state index is -0.601. The molecule has 0 saturated carbocycles. The Morgan fingerprint density at radius 1 is 1.25 bits per heavy atom. The molecular weight excluding hydrogens is 331 g/mol. The number of amides is 1. The maximum atomic E-state index is 13.7. The Balaban J connectivity index is 1.51. The van der Waals surface area contributed by atoms with Crippen LogP contribution in [0.1, 0.15) is 23.2 Å². The standard InChI is InChI=1S/C17H18ClFN4O/c18-13-3-1-4-14(19)15(13)16(24)22-11-12-5-9-23(10-6-12)17-20-7-2-8-21-17/h1-4,7-8,12H,5-6,9-11H2,(H,22,24). The van der Waals surface area contributed by atoms with E-state index in [0.717, 1.165) is 31.9 Å². The summed E-state index contributed by atoms with van der Waals surface area (Å²) in [6, 6.07) is 6.02. The van der Waals surface area contributed by atoms with E-state index in [4.69, 9.17) is 11.6 Å². The third kappa shape index (κ3) is 3.82. The summed E-state index contributed by atoms with van der Waals surface area (Å²) in [7, 11) is 0. The van der Waals surface area contributed by atoms with Gasteiger partial charge in [0.15, 0.2) is 0 Å². The summed E-state index contributed by atoms with van der Waals surface area (Å²) >= 11 is 5.91. The highest BCUT2D eigenvalue weighted by Gasteiger charge is 2.22. The van der Waals surface area contributed by atoms with E-state index in [-0.39, 0.29) is 10.6 Å². The molecule has 5 nitrogen and oxygen atoms in total. The Bertz CT molecular complexity index is 685. The average molecular weight is 349 g/mol. The molecule has 1 aliphatic heterocycles. The van der Waals surface area contributed by atoms with Crippen LogP contribution >= 0.6 is 11.6 Å². The Labute approximate surface area is 144 Å². The number of nitrogens with one attached hydrogen (secondary N) is 1. The minimum Gasteiger partial charge on any atom is -0.352 e. The molecule has 1 aromatic heterocycles. The van der Waals surface area contributed by atoms with Crippen LogP contribution in [0.2, 0.25) is 5.02 Å². The van der Waals surface area contributed by atoms with Crippen LogP contribution in [0.5, 0.6) is 0 Å². The molecule has 1 amide bonds. The van der Waals surface area contributed by atoms with Crippen molar-refractivity contribution in [2.24, 2.45) is 5.92 Å². The number of carbonyl (C=O) groups excluding carboxylic acids is 1. The van der Waals surface area contributed by atoms with Crippen molar-refractivity contribution in [2.45, 2.75) is 12.8 Å². The van der Waals surface area contributed by atoms with Crippen molar-refractivity contribution >= 4 is 23.5 Å². The van der Waals surface area contributed by atoms with E-state index in [1.54, 1.807) is 18.5 Å². The van der Waals surface area contributed by atoms with Gasteiger partial charge in [0.1, 0.15) is 5.82 Å². The second-order valence-electron chi connectivity index (χ2n) is 5.79. The molecule has 2 heterocycles. The molecule has 0 aliphatic carbocycles. The zero-order valence-corrected chi connectivity index (χ0v) is 13.8. The monoisotopic (exact) mass is 348 g/mol. The van der Waals surface area contributed by atoms with Gasteiger partial charge in [0.2, 0.25) is 5.95 Å². The van der Waals surface area contributed by atoms with Crippen molar-refractivity contribution in [3.05, 3.63) is 53.1 Å². The van der Waals surface area contributed by atoms with E-state index >= 15 is 0 Å². The summed E-state index contributed by atoms with van der Waals surface area (Å²) in [6.07, 6.45) is 5.30. The third-order valence-electron chi connectivity index (χ3n) is 4.19. The first-order chi connectivity index (χ1) is 11.6. The van der Waals surface area contributed by atoms with Gasteiger partial charge in [-0.3, -0.25) is 4.79 Å². The van der Waals surface area contributed by atoms with Crippen LogP contribution in [-0.4, -0.2) is 35.5 Å². The number of hydrogen-bond donors (Lipinski definition) is 1. The van der Waals surface area contributed by atoms with E-state index in [9.17, 15) is 9.18 Å². The third-order valence-corrected chi connectivity index (χ3v) is 4.51. The van der Waals surface area contributed by atoms with Gasteiger partial charge in [-0.25, -0.2) is 14.4 Å². The molecule has 0 spiro atoms. The summed E-state index contributed by atoms with van der Waals surface area (Å²) in [5.74, 6) is 0.0144. The van der Waals surface area contributed by atoms with Crippen molar-refractivity contribution in [2.75, 3.05) is 24.5 Å². The summed E-state index contributed by atoms with van der Waals surface area (Å²) in [6.45, 7) is 2.18. The number of hydrogen-bond acceptors (Lipinski definition) is 4. The van der Waals surface area contributed by atoms with Crippen LogP contribution in [0.15, 0.2) is 36.7 Å². The molecule has 3 rings (SSSR count). The molecule has 126 valence electrons. The zero-order valence-electron chi connectivity index (χ0n) is 13.1. The minimum absolute atomic E-state index is 0.0886. The molecule has 1 aromatic carbocycles. The van der Waals surface area contributed by atoms with E-state index in [1.165, 1.54) is 18.2 Å². The quantitative estimate of drug-likeness (QED) is 0.923. The lowest BCUT2D eigenvalue weighted by atomic mass is 9.97. The SMILES string of the molecule is O=C(NCC1CCN(c2ncccn2)CC1)c1c(F)cccc1Cl. The van der Waals surface area contributed by atoms with E-state index < -0.39 is 11.7 Å². The average Bonchev–Trinajstić information content (AvgIpc) is 2.61. The Kier molecular flexibility index (Phi) is 5.25. The van der Waals surface area contributed by atoms with E-state index in [2.05, 4.69) is 20.2 Å². The molecule has 1 aliphatic rings. The summed E-state index contributed by atoms with van der Waals surface area (Å²) < 4.78 is 13.7. The highest BCUT2D eigenvalue weighted by atomic mass is 35.5. The molecule has 0 atom stereocenters. The van der Waals surface area contributed by atoms with Crippen LogP contribution in [0.25, 0.3) is 0 Å². The molecular formula is C17H18ClFN4O. The van der Waals surface area contributed by atoms with Gasteiger partial charge in [-0.1, -0.05) is 17.7 Å². The lowest BCUT2D eigenvalue weighted by Crippen LogP contribution is -2.39. The number of nitrogens with zero attached hydrogens (tertiary/aromatic N) is 3. The van der Waals surface area contributed by atoms with Crippen LogP contribution in [0.3, 0.4) is 0 Å². The van der Waals surface area contributed by atoms with E-state index in [0.29, 0.717) is 12.5 Å². The number of rotatable bonds is 4. The predicted octanol–water partition coefficient (Wildman–Crippen LogP) is 2.92. The number of piperidine rings is 1. The van der Waals surface area contributed by atoms with Crippen molar-refractivity contribution in [3.8, 4) is 0 Å². The number of carbonyl (C=O) groups is 1. The summed E-state index contributed by atoms with van der Waals surface area (Å²) in [5, 5.41) is 2.92. The molecule has 1 N–H and O–H groups in total. The molecule has 24 heavy (non-hydrogen) atoms. The number of aromatic nitrogens is 2. The lowest BCUT2D eigenvalue weighted by Gasteiger charge is -2.31. The van der Waals surface area contributed by atoms with Crippen LogP contribution < -0.4 is 10.2 Å². The van der Waals surface area contributed by atoms with Crippen LogP contribution in [0, 0.1) is 11.7 Å². The van der Waals surface area contributed by atoms with Crippen molar-refractivity contribution < 1.29 is 9.18 Å². The maximum Gasteiger partial charge on any atom is 0.255 e. The highest BCUT2D eigenvalue weighted by Crippen LogP contribution is 2.21.